The molecule has 1 saturated carbocycles. The molecule has 0 atom stereocenters. The molecule has 2 amide bonds. The van der Waals surface area contributed by atoms with Crippen LogP contribution in [0.1, 0.15) is 26.7 Å². The first-order valence-corrected chi connectivity index (χ1v) is 4.25. The molecular weight excluding hydrogens is 225 g/mol. The lowest BCUT2D eigenvalue weighted by Crippen LogP contribution is -2.50. The van der Waals surface area contributed by atoms with E-state index < -0.39 is 0 Å². The first-order chi connectivity index (χ1) is 5.40. The molecule has 1 aliphatic carbocycles. The van der Waals surface area contributed by atoms with Gasteiger partial charge in [0.05, 0.1) is 0 Å². The molecule has 0 heterocycles. The lowest BCUT2D eigenvalue weighted by atomic mass is 10.1. The van der Waals surface area contributed by atoms with E-state index in [1.54, 1.807) is 4.90 Å². The number of primary amides is 1. The second kappa shape index (κ2) is 5.63. The molecule has 1 aliphatic rings. The third-order valence-electron chi connectivity index (χ3n) is 1.85. The second-order valence-electron chi connectivity index (χ2n) is 4.19. The van der Waals surface area contributed by atoms with E-state index in [-0.39, 0.29) is 36.4 Å². The average Bonchev–Trinajstić information content (AvgIpc) is 2.61. The zero-order chi connectivity index (χ0) is 9.35. The van der Waals surface area contributed by atoms with Gasteiger partial charge in [-0.05, 0) is 26.7 Å². The van der Waals surface area contributed by atoms with E-state index in [0.717, 1.165) is 12.8 Å². The summed E-state index contributed by atoms with van der Waals surface area (Å²) in [5, 5.41) is 0. The summed E-state index contributed by atoms with van der Waals surface area (Å²) < 4.78 is 0. The molecule has 86 valence electrons. The molecule has 0 aromatic heterocycles. The highest BCUT2D eigenvalue weighted by Crippen LogP contribution is 2.27. The quantitative estimate of drug-likeness (QED) is 0.780. The summed E-state index contributed by atoms with van der Waals surface area (Å²) in [7, 11) is 0. The molecular formula is C8H19Cl2N3O. The summed E-state index contributed by atoms with van der Waals surface area (Å²) in [5.74, 6) is 0. The molecule has 0 radical (unpaired) electrons. The highest BCUT2D eigenvalue weighted by molar-refractivity contribution is 5.85. The number of halogens is 2. The Kier molecular flexibility index (Phi) is 6.54. The van der Waals surface area contributed by atoms with Gasteiger partial charge in [-0.1, -0.05) is 0 Å². The third-order valence-corrected chi connectivity index (χ3v) is 1.85. The van der Waals surface area contributed by atoms with Gasteiger partial charge >= 0.3 is 6.03 Å². The molecule has 0 saturated heterocycles. The minimum atomic E-state index is -0.351. The Bertz CT molecular complexity index is 190. The molecule has 1 rings (SSSR count). The molecule has 0 bridgehead atoms. The first-order valence-electron chi connectivity index (χ1n) is 4.25. The molecule has 0 aromatic carbocycles. The normalized spacial score (nSPS) is 15.1. The standard InChI is InChI=1S/C8H17N3O.2ClH/c1-8(2,10)5-11(7(9)12)6-3-4-6;;/h6H,3-5,10H2,1-2H3,(H2,9,12);2*1H. The Morgan fingerprint density at radius 3 is 2.07 bits per heavy atom. The van der Waals surface area contributed by atoms with Crippen molar-refractivity contribution in [3.8, 4) is 0 Å². The molecule has 1 fully saturated rings. The summed E-state index contributed by atoms with van der Waals surface area (Å²) in [6, 6.07) is 0.00125. The number of hydrogen-bond donors (Lipinski definition) is 2. The molecule has 4 nitrogen and oxygen atoms in total. The lowest BCUT2D eigenvalue weighted by Gasteiger charge is -2.28. The number of nitrogens with two attached hydrogens (primary N) is 2. The van der Waals surface area contributed by atoms with Crippen LogP contribution in [0.4, 0.5) is 4.79 Å². The van der Waals surface area contributed by atoms with Crippen molar-refractivity contribution in [2.45, 2.75) is 38.3 Å². The fraction of sp³-hybridized carbons (Fsp3) is 0.875. The number of amides is 2. The number of rotatable bonds is 3. The highest BCUT2D eigenvalue weighted by atomic mass is 35.5. The minimum absolute atomic E-state index is 0. The van der Waals surface area contributed by atoms with E-state index in [1.807, 2.05) is 13.8 Å². The monoisotopic (exact) mass is 243 g/mol. The Hall–Kier alpha value is -0.190. The van der Waals surface area contributed by atoms with Gasteiger partial charge in [0.2, 0.25) is 0 Å². The van der Waals surface area contributed by atoms with Crippen molar-refractivity contribution in [3.05, 3.63) is 0 Å². The van der Waals surface area contributed by atoms with Crippen LogP contribution in [0.3, 0.4) is 0 Å². The Morgan fingerprint density at radius 1 is 1.43 bits per heavy atom. The van der Waals surface area contributed by atoms with Gasteiger partial charge in [-0.3, -0.25) is 0 Å². The minimum Gasteiger partial charge on any atom is -0.351 e. The molecule has 14 heavy (non-hydrogen) atoms. The van der Waals surface area contributed by atoms with Gasteiger partial charge in [-0.25, -0.2) is 4.79 Å². The van der Waals surface area contributed by atoms with Crippen LogP contribution < -0.4 is 11.5 Å². The summed E-state index contributed by atoms with van der Waals surface area (Å²) in [6.07, 6.45) is 2.14. The van der Waals surface area contributed by atoms with Crippen molar-refractivity contribution in [2.75, 3.05) is 6.54 Å². The van der Waals surface area contributed by atoms with Crippen molar-refractivity contribution in [1.82, 2.24) is 4.90 Å². The number of urea groups is 1. The molecule has 0 spiro atoms. The molecule has 6 heteroatoms. The van der Waals surface area contributed by atoms with Gasteiger partial charge in [0.25, 0.3) is 0 Å². The van der Waals surface area contributed by atoms with Gasteiger partial charge in [-0.2, -0.15) is 0 Å². The van der Waals surface area contributed by atoms with E-state index >= 15 is 0 Å². The van der Waals surface area contributed by atoms with E-state index in [0.29, 0.717) is 12.6 Å². The first kappa shape index (κ1) is 16.2. The number of carbonyl (C=O) groups is 1. The van der Waals surface area contributed by atoms with Gasteiger partial charge < -0.3 is 16.4 Å². The maximum absolute atomic E-state index is 11.0. The van der Waals surface area contributed by atoms with Crippen LogP contribution in [-0.4, -0.2) is 29.1 Å². The highest BCUT2D eigenvalue weighted by Gasteiger charge is 2.33. The zero-order valence-corrected chi connectivity index (χ0v) is 10.2. The van der Waals surface area contributed by atoms with E-state index in [1.165, 1.54) is 0 Å². The van der Waals surface area contributed by atoms with Crippen molar-refractivity contribution in [3.63, 3.8) is 0 Å². The number of nitrogens with zero attached hydrogens (tertiary/aromatic N) is 1. The van der Waals surface area contributed by atoms with Crippen molar-refractivity contribution >= 4 is 30.8 Å². The van der Waals surface area contributed by atoms with Crippen LogP contribution in [0.2, 0.25) is 0 Å². The van der Waals surface area contributed by atoms with Crippen LogP contribution in [0, 0.1) is 0 Å². The van der Waals surface area contributed by atoms with Gasteiger partial charge in [0.15, 0.2) is 0 Å². The summed E-state index contributed by atoms with van der Waals surface area (Å²) in [5.41, 5.74) is 10.7. The SMILES string of the molecule is CC(C)(N)CN(C(N)=O)C1CC1.Cl.Cl. The Morgan fingerprint density at radius 2 is 1.86 bits per heavy atom. The summed E-state index contributed by atoms with van der Waals surface area (Å²) in [6.45, 7) is 4.34. The number of carbonyl (C=O) groups excluding carboxylic acids is 1. The lowest BCUT2D eigenvalue weighted by molar-refractivity contribution is 0.191. The maximum atomic E-state index is 11.0. The second-order valence-corrected chi connectivity index (χ2v) is 4.19. The molecule has 0 aliphatic heterocycles. The van der Waals surface area contributed by atoms with Gasteiger partial charge in [-0.15, -0.1) is 24.8 Å². The zero-order valence-electron chi connectivity index (χ0n) is 8.53. The summed E-state index contributed by atoms with van der Waals surface area (Å²) >= 11 is 0. The fourth-order valence-electron chi connectivity index (χ4n) is 1.21. The van der Waals surface area contributed by atoms with Crippen LogP contribution in [0.25, 0.3) is 0 Å². The van der Waals surface area contributed by atoms with Crippen LogP contribution in [0.5, 0.6) is 0 Å². The maximum Gasteiger partial charge on any atom is 0.315 e. The van der Waals surface area contributed by atoms with Crippen LogP contribution >= 0.6 is 24.8 Å². The number of hydrogen-bond acceptors (Lipinski definition) is 2. The predicted molar refractivity (Wildman–Crippen MR) is 62.1 cm³/mol. The van der Waals surface area contributed by atoms with Crippen LogP contribution in [-0.2, 0) is 0 Å². The van der Waals surface area contributed by atoms with Gasteiger partial charge in [0, 0.05) is 18.1 Å². The average molecular weight is 244 g/mol. The topological polar surface area (TPSA) is 72.3 Å². The molecule has 0 unspecified atom stereocenters. The van der Waals surface area contributed by atoms with Crippen molar-refractivity contribution in [1.29, 1.82) is 0 Å². The van der Waals surface area contributed by atoms with Crippen molar-refractivity contribution < 1.29 is 4.79 Å². The Balaban J connectivity index is 0. The smallest absolute Gasteiger partial charge is 0.315 e. The largest absolute Gasteiger partial charge is 0.351 e. The predicted octanol–water partition coefficient (Wildman–Crippen LogP) is 1.11. The van der Waals surface area contributed by atoms with E-state index in [2.05, 4.69) is 0 Å². The third kappa shape index (κ3) is 5.52. The Labute approximate surface area is 97.2 Å². The summed E-state index contributed by atoms with van der Waals surface area (Å²) in [4.78, 5) is 12.6. The fourth-order valence-corrected chi connectivity index (χ4v) is 1.21. The van der Waals surface area contributed by atoms with E-state index in [4.69, 9.17) is 11.5 Å². The van der Waals surface area contributed by atoms with E-state index in [9.17, 15) is 4.79 Å². The van der Waals surface area contributed by atoms with Crippen LogP contribution in [0.15, 0.2) is 0 Å². The molecule has 0 aromatic rings. The molecule has 4 N–H and O–H groups in total. The van der Waals surface area contributed by atoms with Gasteiger partial charge in [0.1, 0.15) is 0 Å². The van der Waals surface area contributed by atoms with Crippen molar-refractivity contribution in [2.24, 2.45) is 11.5 Å².